The van der Waals surface area contributed by atoms with E-state index in [0.29, 0.717) is 17.1 Å². The standard InChI is InChI=1S/C21H21NO6S/c1-12-4-5-15(6-13(12)2)29-10-21(25)26-9-20(24)22-17-8-19-18(27-11-28-19)7-16(17)14(3)23/h4-8H,9-11H2,1-3H3,(H,22,24). The van der Waals surface area contributed by atoms with Crippen LogP contribution in [0, 0.1) is 13.8 Å². The number of fused-ring (bicyclic) bond motifs is 1. The lowest BCUT2D eigenvalue weighted by Gasteiger charge is -2.11. The lowest BCUT2D eigenvalue weighted by Crippen LogP contribution is -2.22. The van der Waals surface area contributed by atoms with Crippen LogP contribution in [0.2, 0.25) is 0 Å². The number of aryl methyl sites for hydroxylation is 2. The van der Waals surface area contributed by atoms with Crippen molar-refractivity contribution in [3.05, 3.63) is 47.0 Å². The number of anilines is 1. The second kappa shape index (κ2) is 9.00. The van der Waals surface area contributed by atoms with Gasteiger partial charge in [0.2, 0.25) is 6.79 Å². The normalized spacial score (nSPS) is 11.8. The van der Waals surface area contributed by atoms with E-state index in [1.807, 2.05) is 32.0 Å². The zero-order chi connectivity index (χ0) is 21.0. The SMILES string of the molecule is CC(=O)c1cc2c(cc1NC(=O)COC(=O)CSc1ccc(C)c(C)c1)OCO2. The summed E-state index contributed by atoms with van der Waals surface area (Å²) in [4.78, 5) is 36.9. The molecule has 1 aliphatic rings. The van der Waals surface area contributed by atoms with Gasteiger partial charge in [0.05, 0.1) is 11.4 Å². The topological polar surface area (TPSA) is 90.9 Å². The van der Waals surface area contributed by atoms with Crippen molar-refractivity contribution >= 4 is 35.1 Å². The molecule has 1 aliphatic heterocycles. The Morgan fingerprint density at radius 2 is 1.79 bits per heavy atom. The lowest BCUT2D eigenvalue weighted by molar-refractivity contribution is -0.144. The monoisotopic (exact) mass is 415 g/mol. The van der Waals surface area contributed by atoms with Crippen molar-refractivity contribution in [2.75, 3.05) is 24.5 Å². The average Bonchev–Trinajstić information content (AvgIpc) is 3.14. The Morgan fingerprint density at radius 3 is 2.48 bits per heavy atom. The molecule has 0 unspecified atom stereocenters. The number of rotatable bonds is 7. The minimum Gasteiger partial charge on any atom is -0.455 e. The van der Waals surface area contributed by atoms with Crippen LogP contribution in [-0.2, 0) is 14.3 Å². The number of esters is 1. The van der Waals surface area contributed by atoms with E-state index in [9.17, 15) is 14.4 Å². The highest BCUT2D eigenvalue weighted by atomic mass is 32.2. The fraction of sp³-hybridized carbons (Fsp3) is 0.286. The molecule has 0 fully saturated rings. The third kappa shape index (κ3) is 5.29. The maximum atomic E-state index is 12.2. The molecule has 152 valence electrons. The van der Waals surface area contributed by atoms with Crippen LogP contribution >= 0.6 is 11.8 Å². The van der Waals surface area contributed by atoms with Crippen LogP contribution in [0.3, 0.4) is 0 Å². The first kappa shape index (κ1) is 20.7. The first-order valence-electron chi connectivity index (χ1n) is 8.93. The van der Waals surface area contributed by atoms with Gasteiger partial charge in [0.1, 0.15) is 0 Å². The highest BCUT2D eigenvalue weighted by Crippen LogP contribution is 2.37. The van der Waals surface area contributed by atoms with Crippen molar-refractivity contribution in [1.82, 2.24) is 0 Å². The molecule has 1 heterocycles. The number of Topliss-reactive ketones (excluding diaryl/α,β-unsaturated/α-hetero) is 1. The zero-order valence-electron chi connectivity index (χ0n) is 16.4. The minimum atomic E-state index is -0.545. The van der Waals surface area contributed by atoms with Gasteiger partial charge in [-0.1, -0.05) is 6.07 Å². The summed E-state index contributed by atoms with van der Waals surface area (Å²) >= 11 is 1.35. The minimum absolute atomic E-state index is 0.0554. The third-order valence-corrected chi connectivity index (χ3v) is 5.33. The Bertz CT molecular complexity index is 972. The Labute approximate surface area is 172 Å². The number of hydrogen-bond donors (Lipinski definition) is 1. The van der Waals surface area contributed by atoms with Crippen LogP contribution < -0.4 is 14.8 Å². The number of nitrogens with one attached hydrogen (secondary N) is 1. The molecule has 0 saturated heterocycles. The van der Waals surface area contributed by atoms with Crippen molar-refractivity contribution in [2.24, 2.45) is 0 Å². The highest BCUT2D eigenvalue weighted by Gasteiger charge is 2.20. The predicted molar refractivity (Wildman–Crippen MR) is 109 cm³/mol. The average molecular weight is 415 g/mol. The summed E-state index contributed by atoms with van der Waals surface area (Å²) in [6.07, 6.45) is 0. The molecule has 0 saturated carbocycles. The van der Waals surface area contributed by atoms with Gasteiger partial charge in [-0.2, -0.15) is 0 Å². The maximum Gasteiger partial charge on any atom is 0.316 e. The molecule has 3 rings (SSSR count). The van der Waals surface area contributed by atoms with Crippen molar-refractivity contribution in [1.29, 1.82) is 0 Å². The third-order valence-electron chi connectivity index (χ3n) is 4.37. The molecule has 8 heteroatoms. The summed E-state index contributed by atoms with van der Waals surface area (Å²) in [7, 11) is 0. The van der Waals surface area contributed by atoms with Crippen molar-refractivity contribution < 1.29 is 28.6 Å². The molecule has 0 radical (unpaired) electrons. The van der Waals surface area contributed by atoms with E-state index >= 15 is 0 Å². The summed E-state index contributed by atoms with van der Waals surface area (Å²) < 4.78 is 15.5. The van der Waals surface area contributed by atoms with Crippen LogP contribution in [-0.4, -0.2) is 36.8 Å². The van der Waals surface area contributed by atoms with E-state index < -0.39 is 18.5 Å². The molecular formula is C21H21NO6S. The number of ether oxygens (including phenoxy) is 3. The van der Waals surface area contributed by atoms with Crippen LogP contribution in [0.4, 0.5) is 5.69 Å². The van der Waals surface area contributed by atoms with Crippen molar-refractivity contribution in [3.8, 4) is 11.5 Å². The molecule has 0 bridgehead atoms. The number of hydrogen-bond acceptors (Lipinski definition) is 7. The maximum absolute atomic E-state index is 12.2. The first-order valence-corrected chi connectivity index (χ1v) is 9.92. The van der Waals surface area contributed by atoms with E-state index in [2.05, 4.69) is 5.32 Å². The molecule has 0 aliphatic carbocycles. The van der Waals surface area contributed by atoms with Gasteiger partial charge in [-0.05, 0) is 50.1 Å². The number of ketones is 1. The van der Waals surface area contributed by atoms with E-state index in [1.165, 1.54) is 36.4 Å². The fourth-order valence-electron chi connectivity index (χ4n) is 2.66. The summed E-state index contributed by atoms with van der Waals surface area (Å²) in [5, 5.41) is 2.59. The van der Waals surface area contributed by atoms with Crippen LogP contribution in [0.25, 0.3) is 0 Å². The highest BCUT2D eigenvalue weighted by molar-refractivity contribution is 8.00. The Balaban J connectivity index is 1.52. The Hall–Kier alpha value is -3.00. The summed E-state index contributed by atoms with van der Waals surface area (Å²) in [6, 6.07) is 8.98. The number of amides is 1. The molecule has 0 atom stereocenters. The van der Waals surface area contributed by atoms with Crippen molar-refractivity contribution in [2.45, 2.75) is 25.7 Å². The van der Waals surface area contributed by atoms with Gasteiger partial charge in [0.25, 0.3) is 5.91 Å². The molecule has 29 heavy (non-hydrogen) atoms. The molecule has 2 aromatic rings. The number of thioether (sulfide) groups is 1. The summed E-state index contributed by atoms with van der Waals surface area (Å²) in [6.45, 7) is 5.02. The predicted octanol–water partition coefficient (Wildman–Crippen LogP) is 3.51. The smallest absolute Gasteiger partial charge is 0.316 e. The molecule has 0 aromatic heterocycles. The van der Waals surface area contributed by atoms with Crippen LogP contribution in [0.15, 0.2) is 35.2 Å². The van der Waals surface area contributed by atoms with E-state index in [-0.39, 0.29) is 24.0 Å². The van der Waals surface area contributed by atoms with Crippen molar-refractivity contribution in [3.63, 3.8) is 0 Å². The number of carbonyl (C=O) groups excluding carboxylic acids is 3. The van der Waals surface area contributed by atoms with Crippen LogP contribution in [0.5, 0.6) is 11.5 Å². The van der Waals surface area contributed by atoms with Gasteiger partial charge < -0.3 is 19.5 Å². The second-order valence-electron chi connectivity index (χ2n) is 6.55. The van der Waals surface area contributed by atoms with Gasteiger partial charge in [-0.15, -0.1) is 11.8 Å². The summed E-state index contributed by atoms with van der Waals surface area (Å²) in [5.74, 6) is -0.300. The number of carbonyl (C=O) groups is 3. The molecule has 2 aromatic carbocycles. The largest absolute Gasteiger partial charge is 0.455 e. The number of benzene rings is 2. The van der Waals surface area contributed by atoms with E-state index in [0.717, 1.165) is 10.5 Å². The molecule has 0 spiro atoms. The summed E-state index contributed by atoms with van der Waals surface area (Å²) in [5.41, 5.74) is 2.90. The second-order valence-corrected chi connectivity index (χ2v) is 7.60. The van der Waals surface area contributed by atoms with E-state index in [4.69, 9.17) is 14.2 Å². The first-order chi connectivity index (χ1) is 13.8. The Morgan fingerprint density at radius 1 is 1.07 bits per heavy atom. The van der Waals surface area contributed by atoms with Gasteiger partial charge in [0, 0.05) is 16.5 Å². The molecule has 1 amide bonds. The fourth-order valence-corrected chi connectivity index (χ4v) is 3.45. The van der Waals surface area contributed by atoms with Gasteiger partial charge in [0.15, 0.2) is 23.9 Å². The lowest BCUT2D eigenvalue weighted by atomic mass is 10.1. The quantitative estimate of drug-likeness (QED) is 0.420. The van der Waals surface area contributed by atoms with Gasteiger partial charge in [-0.3, -0.25) is 14.4 Å². The van der Waals surface area contributed by atoms with Gasteiger partial charge in [-0.25, -0.2) is 0 Å². The molecule has 7 nitrogen and oxygen atoms in total. The zero-order valence-corrected chi connectivity index (χ0v) is 17.2. The van der Waals surface area contributed by atoms with E-state index in [1.54, 1.807) is 0 Å². The molecular weight excluding hydrogens is 394 g/mol. The Kier molecular flexibility index (Phi) is 6.43. The molecule has 1 N–H and O–H groups in total. The van der Waals surface area contributed by atoms with Crippen LogP contribution in [0.1, 0.15) is 28.4 Å². The van der Waals surface area contributed by atoms with Gasteiger partial charge >= 0.3 is 5.97 Å².